The number of carbonyl (C=O) groups is 1. The van der Waals surface area contributed by atoms with Crippen molar-refractivity contribution >= 4 is 5.97 Å². The van der Waals surface area contributed by atoms with E-state index in [1.807, 2.05) is 0 Å². The van der Waals surface area contributed by atoms with Crippen LogP contribution in [0.2, 0.25) is 0 Å². The Morgan fingerprint density at radius 3 is 2.92 bits per heavy atom. The molecular formula is C8H8FNO2. The number of halogens is 1. The van der Waals surface area contributed by atoms with Gasteiger partial charge in [0.2, 0.25) is 0 Å². The highest BCUT2D eigenvalue weighted by molar-refractivity contribution is 5.89. The molecule has 64 valence electrons. The Bertz CT molecular complexity index is 288. The first-order valence-corrected chi connectivity index (χ1v) is 3.37. The molecular weight excluding hydrogens is 161 g/mol. The minimum atomic E-state index is -0.614. The summed E-state index contributed by atoms with van der Waals surface area (Å²) in [6.07, 6.45) is 0. The molecule has 0 aliphatic heterocycles. The van der Waals surface area contributed by atoms with Crippen LogP contribution in [0.1, 0.15) is 10.4 Å². The van der Waals surface area contributed by atoms with Crippen LogP contribution in [-0.2, 0) is 4.74 Å². The molecule has 4 heteroatoms. The number of rotatable bonds is 2. The molecule has 0 atom stereocenters. The van der Waals surface area contributed by atoms with Crippen LogP contribution in [0.4, 0.5) is 4.39 Å². The third kappa shape index (κ3) is 2.03. The lowest BCUT2D eigenvalue weighted by Crippen LogP contribution is -2.12. The molecule has 3 nitrogen and oxygen atoms in total. The van der Waals surface area contributed by atoms with Gasteiger partial charge in [-0.25, -0.2) is 9.18 Å². The number of benzene rings is 1. The van der Waals surface area contributed by atoms with Gasteiger partial charge in [0, 0.05) is 0 Å². The summed E-state index contributed by atoms with van der Waals surface area (Å²) >= 11 is 0. The van der Waals surface area contributed by atoms with Crippen molar-refractivity contribution in [2.24, 2.45) is 5.73 Å². The molecule has 1 rings (SSSR count). The number of hydrogen-bond acceptors (Lipinski definition) is 3. The Kier molecular flexibility index (Phi) is 2.76. The molecule has 0 aliphatic rings. The van der Waals surface area contributed by atoms with E-state index in [4.69, 9.17) is 5.73 Å². The first kappa shape index (κ1) is 8.67. The normalized spacial score (nSPS) is 9.50. The summed E-state index contributed by atoms with van der Waals surface area (Å²) in [5.74, 6) is -1.08. The molecule has 0 heterocycles. The first-order chi connectivity index (χ1) is 5.74. The van der Waals surface area contributed by atoms with Crippen molar-refractivity contribution in [3.8, 4) is 0 Å². The summed E-state index contributed by atoms with van der Waals surface area (Å²) < 4.78 is 17.0. The smallest absolute Gasteiger partial charge is 0.339 e. The van der Waals surface area contributed by atoms with E-state index in [9.17, 15) is 9.18 Å². The van der Waals surface area contributed by atoms with Crippen LogP contribution in [0.5, 0.6) is 0 Å². The largest absolute Gasteiger partial charge is 0.446 e. The maximum atomic E-state index is 12.5. The topological polar surface area (TPSA) is 52.3 Å². The van der Waals surface area contributed by atoms with Gasteiger partial charge in [-0.1, -0.05) is 6.07 Å². The summed E-state index contributed by atoms with van der Waals surface area (Å²) in [4.78, 5) is 10.9. The lowest BCUT2D eigenvalue weighted by Gasteiger charge is -2.00. The zero-order valence-electron chi connectivity index (χ0n) is 6.29. The molecule has 0 saturated heterocycles. The number of carbonyl (C=O) groups excluding carboxylic acids is 1. The second-order valence-electron chi connectivity index (χ2n) is 2.11. The Hall–Kier alpha value is -1.42. The molecule has 0 aromatic heterocycles. The first-order valence-electron chi connectivity index (χ1n) is 3.37. The predicted molar refractivity (Wildman–Crippen MR) is 40.9 cm³/mol. The molecule has 12 heavy (non-hydrogen) atoms. The lowest BCUT2D eigenvalue weighted by molar-refractivity contribution is 0.0515. The van der Waals surface area contributed by atoms with Crippen LogP contribution in [0, 0.1) is 5.82 Å². The van der Waals surface area contributed by atoms with Gasteiger partial charge in [-0.15, -0.1) is 0 Å². The van der Waals surface area contributed by atoms with Gasteiger partial charge in [0.25, 0.3) is 0 Å². The lowest BCUT2D eigenvalue weighted by atomic mass is 10.2. The molecule has 2 N–H and O–H groups in total. The van der Waals surface area contributed by atoms with Gasteiger partial charge in [-0.3, -0.25) is 5.73 Å². The van der Waals surface area contributed by atoms with Crippen LogP contribution in [-0.4, -0.2) is 12.7 Å². The summed E-state index contributed by atoms with van der Waals surface area (Å²) in [7, 11) is 0. The van der Waals surface area contributed by atoms with E-state index < -0.39 is 11.8 Å². The van der Waals surface area contributed by atoms with Gasteiger partial charge in [-0.2, -0.15) is 0 Å². The van der Waals surface area contributed by atoms with Crippen molar-refractivity contribution in [1.29, 1.82) is 0 Å². The minimum Gasteiger partial charge on any atom is -0.446 e. The van der Waals surface area contributed by atoms with Crippen LogP contribution in [0.25, 0.3) is 0 Å². The number of ether oxygens (including phenoxy) is 1. The van der Waals surface area contributed by atoms with Gasteiger partial charge < -0.3 is 4.74 Å². The van der Waals surface area contributed by atoms with Gasteiger partial charge in [0.15, 0.2) is 0 Å². The van der Waals surface area contributed by atoms with Crippen LogP contribution in [0.3, 0.4) is 0 Å². The monoisotopic (exact) mass is 169 g/mol. The molecule has 0 saturated carbocycles. The van der Waals surface area contributed by atoms with Gasteiger partial charge >= 0.3 is 5.97 Å². The average Bonchev–Trinajstić information content (AvgIpc) is 2.05. The molecule has 0 fully saturated rings. The summed E-state index contributed by atoms with van der Waals surface area (Å²) in [5, 5.41) is 0. The highest BCUT2D eigenvalue weighted by Crippen LogP contribution is 2.04. The average molecular weight is 169 g/mol. The zero-order valence-corrected chi connectivity index (χ0v) is 6.29. The summed E-state index contributed by atoms with van der Waals surface area (Å²) in [6, 6.07) is 5.24. The van der Waals surface area contributed by atoms with Crippen LogP contribution in [0.15, 0.2) is 24.3 Å². The summed E-state index contributed by atoms with van der Waals surface area (Å²) in [5.41, 5.74) is 5.14. The zero-order chi connectivity index (χ0) is 8.97. The molecule has 0 unspecified atom stereocenters. The van der Waals surface area contributed by atoms with Gasteiger partial charge in [0.1, 0.15) is 12.5 Å². The minimum absolute atomic E-state index is 0.167. The van der Waals surface area contributed by atoms with Crippen LogP contribution < -0.4 is 5.73 Å². The Morgan fingerprint density at radius 2 is 2.33 bits per heavy atom. The van der Waals surface area contributed by atoms with E-state index in [2.05, 4.69) is 4.74 Å². The fourth-order valence-corrected chi connectivity index (χ4v) is 0.774. The molecule has 0 spiro atoms. The fourth-order valence-electron chi connectivity index (χ4n) is 0.774. The Balaban J connectivity index is 2.81. The number of esters is 1. The predicted octanol–water partition coefficient (Wildman–Crippen LogP) is 0.899. The Labute approximate surface area is 68.9 Å². The fraction of sp³-hybridized carbons (Fsp3) is 0.125. The van der Waals surface area contributed by atoms with E-state index in [-0.39, 0.29) is 12.3 Å². The van der Waals surface area contributed by atoms with E-state index >= 15 is 0 Å². The quantitative estimate of drug-likeness (QED) is 0.528. The van der Waals surface area contributed by atoms with E-state index in [1.54, 1.807) is 0 Å². The maximum absolute atomic E-state index is 12.5. The maximum Gasteiger partial charge on any atom is 0.339 e. The Morgan fingerprint density at radius 1 is 1.58 bits per heavy atom. The highest BCUT2D eigenvalue weighted by Gasteiger charge is 2.05. The molecule has 0 bridgehead atoms. The molecule has 0 aliphatic carbocycles. The van der Waals surface area contributed by atoms with Crippen molar-refractivity contribution < 1.29 is 13.9 Å². The van der Waals surface area contributed by atoms with E-state index in [1.165, 1.54) is 18.2 Å². The molecule has 0 amide bonds. The van der Waals surface area contributed by atoms with Crippen molar-refractivity contribution in [2.75, 3.05) is 6.73 Å². The SMILES string of the molecule is NCOC(=O)c1cccc(F)c1. The third-order valence-corrected chi connectivity index (χ3v) is 1.27. The number of hydrogen-bond donors (Lipinski definition) is 1. The van der Waals surface area contributed by atoms with Gasteiger partial charge in [0.05, 0.1) is 5.56 Å². The third-order valence-electron chi connectivity index (χ3n) is 1.27. The summed E-state index contributed by atoms with van der Waals surface area (Å²) in [6.45, 7) is -0.199. The second kappa shape index (κ2) is 3.82. The van der Waals surface area contributed by atoms with Crippen molar-refractivity contribution in [3.05, 3.63) is 35.6 Å². The van der Waals surface area contributed by atoms with E-state index in [0.717, 1.165) is 6.07 Å². The van der Waals surface area contributed by atoms with Crippen molar-refractivity contribution in [1.82, 2.24) is 0 Å². The second-order valence-corrected chi connectivity index (χ2v) is 2.11. The van der Waals surface area contributed by atoms with Crippen molar-refractivity contribution in [3.63, 3.8) is 0 Å². The van der Waals surface area contributed by atoms with E-state index in [0.29, 0.717) is 0 Å². The van der Waals surface area contributed by atoms with Crippen molar-refractivity contribution in [2.45, 2.75) is 0 Å². The van der Waals surface area contributed by atoms with Gasteiger partial charge in [-0.05, 0) is 18.2 Å². The molecule has 1 aromatic rings. The molecule has 0 radical (unpaired) electrons. The highest BCUT2D eigenvalue weighted by atomic mass is 19.1. The number of nitrogens with two attached hydrogens (primary N) is 1. The standard InChI is InChI=1S/C8H8FNO2/c9-7-3-1-2-6(4-7)8(11)12-5-10/h1-4H,5,10H2. The molecule has 1 aromatic carbocycles. The van der Waals surface area contributed by atoms with Crippen LogP contribution >= 0.6 is 0 Å².